The Morgan fingerprint density at radius 2 is 1.66 bits per heavy atom. The first-order valence-corrected chi connectivity index (χ1v) is 13.6. The molecule has 0 bridgehead atoms. The third-order valence-electron chi connectivity index (χ3n) is 5.64. The van der Waals surface area contributed by atoms with Gasteiger partial charge in [0.05, 0.1) is 36.1 Å². The number of ether oxygens (including phenoxy) is 2. The van der Waals surface area contributed by atoms with Crippen molar-refractivity contribution >= 4 is 37.4 Å². The number of benzene rings is 3. The molecule has 1 N–H and O–H groups in total. The smallest absolute Gasteiger partial charge is 0.339 e. The highest BCUT2D eigenvalue weighted by molar-refractivity contribution is 7.93. The molecular weight excluding hydrogens is 492 g/mol. The number of nitrogens with one attached hydrogen (secondary N) is 1. The van der Waals surface area contributed by atoms with Crippen molar-refractivity contribution in [1.29, 1.82) is 0 Å². The van der Waals surface area contributed by atoms with E-state index in [4.69, 9.17) is 9.47 Å². The Morgan fingerprint density at radius 3 is 2.34 bits per heavy atom. The molecular formula is C24H24N2O7S2. The van der Waals surface area contributed by atoms with Gasteiger partial charge in [0, 0.05) is 6.54 Å². The molecule has 0 saturated carbocycles. The van der Waals surface area contributed by atoms with Gasteiger partial charge in [0.25, 0.3) is 20.0 Å². The Labute approximate surface area is 204 Å². The molecule has 0 amide bonds. The Morgan fingerprint density at radius 1 is 0.943 bits per heavy atom. The summed E-state index contributed by atoms with van der Waals surface area (Å²) in [7, 11) is -5.40. The number of hydrogen-bond donors (Lipinski definition) is 1. The number of hydrogen-bond acceptors (Lipinski definition) is 7. The molecule has 3 aromatic rings. The van der Waals surface area contributed by atoms with Gasteiger partial charge in [-0.15, -0.1) is 0 Å². The zero-order valence-corrected chi connectivity index (χ0v) is 20.7. The van der Waals surface area contributed by atoms with E-state index in [9.17, 15) is 21.6 Å². The zero-order valence-electron chi connectivity index (χ0n) is 19.1. The van der Waals surface area contributed by atoms with Gasteiger partial charge in [0.1, 0.15) is 10.6 Å². The third-order valence-corrected chi connectivity index (χ3v) is 8.91. The second kappa shape index (κ2) is 9.59. The van der Waals surface area contributed by atoms with Gasteiger partial charge in [-0.1, -0.05) is 18.2 Å². The van der Waals surface area contributed by atoms with Crippen molar-refractivity contribution in [1.82, 2.24) is 0 Å². The molecule has 4 rings (SSSR count). The number of esters is 1. The summed E-state index contributed by atoms with van der Waals surface area (Å²) < 4.78 is 66.6. The van der Waals surface area contributed by atoms with Crippen molar-refractivity contribution in [2.24, 2.45) is 0 Å². The number of fused-ring (bicyclic) bond motifs is 1. The van der Waals surface area contributed by atoms with Crippen molar-refractivity contribution in [2.45, 2.75) is 22.6 Å². The summed E-state index contributed by atoms with van der Waals surface area (Å²) in [5.41, 5.74) is 1.25. The predicted molar refractivity (Wildman–Crippen MR) is 131 cm³/mol. The first-order chi connectivity index (χ1) is 16.7. The fourth-order valence-electron chi connectivity index (χ4n) is 3.91. The zero-order chi connectivity index (χ0) is 25.2. The molecule has 0 fully saturated rings. The lowest BCUT2D eigenvalue weighted by molar-refractivity contribution is 0.0596. The molecule has 9 nitrogen and oxygen atoms in total. The van der Waals surface area contributed by atoms with Gasteiger partial charge in [0.2, 0.25) is 0 Å². The molecule has 1 heterocycles. The highest BCUT2D eigenvalue weighted by Crippen LogP contribution is 2.35. The third kappa shape index (κ3) is 4.82. The summed E-state index contributed by atoms with van der Waals surface area (Å²) in [6.07, 6.45) is 1.20. The largest absolute Gasteiger partial charge is 0.497 e. The van der Waals surface area contributed by atoms with Crippen LogP contribution in [0.5, 0.6) is 5.75 Å². The van der Waals surface area contributed by atoms with E-state index in [1.807, 2.05) is 0 Å². The van der Waals surface area contributed by atoms with Crippen LogP contribution >= 0.6 is 0 Å². The SMILES string of the molecule is COC(=O)c1ccccc1S(=O)(=O)N1CCCc2ccc(NS(=O)(=O)c3ccc(OC)cc3)cc21. The molecule has 1 aliphatic heterocycles. The normalized spacial score (nSPS) is 13.6. The fourth-order valence-corrected chi connectivity index (χ4v) is 6.68. The van der Waals surface area contributed by atoms with Gasteiger partial charge in [-0.05, 0) is 66.9 Å². The molecule has 0 atom stereocenters. The molecule has 11 heteroatoms. The highest BCUT2D eigenvalue weighted by atomic mass is 32.2. The van der Waals surface area contributed by atoms with Crippen LogP contribution in [0.15, 0.2) is 76.5 Å². The lowest BCUT2D eigenvalue weighted by atomic mass is 10.0. The maximum absolute atomic E-state index is 13.6. The monoisotopic (exact) mass is 516 g/mol. The summed E-state index contributed by atoms with van der Waals surface area (Å²) in [6.45, 7) is 0.180. The highest BCUT2D eigenvalue weighted by Gasteiger charge is 2.33. The second-order valence-corrected chi connectivity index (χ2v) is 11.3. The van der Waals surface area contributed by atoms with Gasteiger partial charge >= 0.3 is 5.97 Å². The first-order valence-electron chi connectivity index (χ1n) is 10.7. The Kier molecular flexibility index (Phi) is 6.73. The van der Waals surface area contributed by atoms with E-state index in [2.05, 4.69) is 4.72 Å². The minimum absolute atomic E-state index is 0.0347. The molecule has 184 valence electrons. The minimum atomic E-state index is -4.14. The van der Waals surface area contributed by atoms with Gasteiger partial charge in [0.15, 0.2) is 0 Å². The van der Waals surface area contributed by atoms with E-state index in [1.54, 1.807) is 18.2 Å². The van der Waals surface area contributed by atoms with Crippen molar-refractivity contribution in [3.63, 3.8) is 0 Å². The van der Waals surface area contributed by atoms with E-state index in [0.717, 1.165) is 5.56 Å². The van der Waals surface area contributed by atoms with Crippen LogP contribution in [-0.4, -0.2) is 43.6 Å². The van der Waals surface area contributed by atoms with Crippen LogP contribution in [0.3, 0.4) is 0 Å². The molecule has 0 spiro atoms. The summed E-state index contributed by atoms with van der Waals surface area (Å²) in [5.74, 6) is -0.242. The Hall–Kier alpha value is -3.57. The summed E-state index contributed by atoms with van der Waals surface area (Å²) >= 11 is 0. The Bertz CT molecular complexity index is 1470. The standard InChI is InChI=1S/C24H24N2O7S2/c1-32-19-11-13-20(14-12-19)34(28,29)25-18-10-9-17-6-5-15-26(22(17)16-18)35(30,31)23-8-4-3-7-21(23)24(27)33-2/h3-4,7-14,16,25H,5-6,15H2,1-2H3. The van der Waals surface area contributed by atoms with Crippen LogP contribution in [0.25, 0.3) is 0 Å². The van der Waals surface area contributed by atoms with Crippen molar-refractivity contribution in [3.8, 4) is 5.75 Å². The van der Waals surface area contributed by atoms with Gasteiger partial charge in [-0.3, -0.25) is 9.03 Å². The quantitative estimate of drug-likeness (QED) is 0.478. The maximum atomic E-state index is 13.6. The van der Waals surface area contributed by atoms with E-state index in [0.29, 0.717) is 24.3 Å². The summed E-state index contributed by atoms with van der Waals surface area (Å²) in [5, 5.41) is 0. The molecule has 3 aromatic carbocycles. The lowest BCUT2D eigenvalue weighted by Gasteiger charge is -2.31. The molecule has 1 aliphatic rings. The number of rotatable bonds is 7. The van der Waals surface area contributed by atoms with E-state index < -0.39 is 26.0 Å². The van der Waals surface area contributed by atoms with Crippen LogP contribution in [0, 0.1) is 0 Å². The number of methoxy groups -OCH3 is 2. The molecule has 0 aromatic heterocycles. The van der Waals surface area contributed by atoms with Gasteiger partial charge in [-0.2, -0.15) is 0 Å². The van der Waals surface area contributed by atoms with Crippen LogP contribution in [0.1, 0.15) is 22.3 Å². The number of sulfonamides is 2. The summed E-state index contributed by atoms with van der Waals surface area (Å²) in [6, 6.07) is 16.5. The van der Waals surface area contributed by atoms with E-state index in [1.165, 1.54) is 67.1 Å². The van der Waals surface area contributed by atoms with Crippen LogP contribution in [0.4, 0.5) is 11.4 Å². The van der Waals surface area contributed by atoms with Crippen molar-refractivity contribution in [2.75, 3.05) is 29.8 Å². The molecule has 0 radical (unpaired) electrons. The lowest BCUT2D eigenvalue weighted by Crippen LogP contribution is -2.36. The van der Waals surface area contributed by atoms with Crippen LogP contribution in [0.2, 0.25) is 0 Å². The predicted octanol–water partition coefficient (Wildman–Crippen LogP) is 3.42. The molecule has 0 saturated heterocycles. The van der Waals surface area contributed by atoms with Crippen LogP contribution < -0.4 is 13.8 Å². The maximum Gasteiger partial charge on any atom is 0.339 e. The molecule has 35 heavy (non-hydrogen) atoms. The second-order valence-electron chi connectivity index (χ2n) is 7.79. The minimum Gasteiger partial charge on any atom is -0.497 e. The van der Waals surface area contributed by atoms with E-state index >= 15 is 0 Å². The van der Waals surface area contributed by atoms with Gasteiger partial charge < -0.3 is 9.47 Å². The van der Waals surface area contributed by atoms with Gasteiger partial charge in [-0.25, -0.2) is 21.6 Å². The Balaban J connectivity index is 1.71. The van der Waals surface area contributed by atoms with Crippen molar-refractivity contribution in [3.05, 3.63) is 77.9 Å². The first kappa shape index (κ1) is 24.6. The number of aryl methyl sites for hydroxylation is 1. The average molecular weight is 517 g/mol. The van der Waals surface area contributed by atoms with Crippen molar-refractivity contribution < 1.29 is 31.1 Å². The molecule has 0 aliphatic carbocycles. The van der Waals surface area contributed by atoms with E-state index in [-0.39, 0.29) is 27.6 Å². The van der Waals surface area contributed by atoms with Crippen LogP contribution in [-0.2, 0) is 31.2 Å². The fraction of sp³-hybridized carbons (Fsp3) is 0.208. The number of carbonyl (C=O) groups is 1. The molecule has 0 unspecified atom stereocenters. The number of nitrogens with zero attached hydrogens (tertiary/aromatic N) is 1. The number of anilines is 2. The topological polar surface area (TPSA) is 119 Å². The average Bonchev–Trinajstić information content (AvgIpc) is 2.87. The summed E-state index contributed by atoms with van der Waals surface area (Å²) in [4.78, 5) is 12.1. The number of carbonyl (C=O) groups excluding carboxylic acids is 1.